The smallest absolute Gasteiger partial charge is 0.224 e. The van der Waals surface area contributed by atoms with Gasteiger partial charge < -0.3 is 20.9 Å². The molecule has 0 radical (unpaired) electrons. The quantitative estimate of drug-likeness (QED) is 0.766. The highest BCUT2D eigenvalue weighted by molar-refractivity contribution is 5.53. The molecule has 1 unspecified atom stereocenters. The third-order valence-electron chi connectivity index (χ3n) is 3.14. The summed E-state index contributed by atoms with van der Waals surface area (Å²) in [5.41, 5.74) is 3.53. The fourth-order valence-corrected chi connectivity index (χ4v) is 2.12. The molecule has 1 aliphatic heterocycles. The van der Waals surface area contributed by atoms with Crippen LogP contribution in [0.1, 0.15) is 11.7 Å². The van der Waals surface area contributed by atoms with Crippen molar-refractivity contribution in [3.05, 3.63) is 46.5 Å². The van der Waals surface area contributed by atoms with Crippen molar-refractivity contribution in [2.45, 2.75) is 6.10 Å². The Morgan fingerprint density at radius 3 is 2.52 bits per heavy atom. The number of benzene rings is 1. The molecule has 104 valence electrons. The molecule has 0 saturated carbocycles. The normalized spacial score (nSPS) is 19.1. The molecular formula is C13H8N5O3-. The number of nitriles is 3. The molecule has 0 amide bonds. The summed E-state index contributed by atoms with van der Waals surface area (Å²) in [6.07, 6.45) is -1.16. The van der Waals surface area contributed by atoms with Crippen LogP contribution in [0.25, 0.3) is 0 Å². The van der Waals surface area contributed by atoms with Crippen molar-refractivity contribution in [1.82, 2.24) is 0 Å². The minimum absolute atomic E-state index is 0.107. The molecular weight excluding hydrogens is 274 g/mol. The van der Waals surface area contributed by atoms with E-state index in [4.69, 9.17) is 20.9 Å². The minimum atomic E-state index is -1.90. The van der Waals surface area contributed by atoms with Gasteiger partial charge in [0.1, 0.15) is 11.6 Å². The number of nitrogens with two attached hydrogens (primary N) is 1. The van der Waals surface area contributed by atoms with Gasteiger partial charge in [-0.3, -0.25) is 5.21 Å². The van der Waals surface area contributed by atoms with Gasteiger partial charge in [0.2, 0.25) is 11.3 Å². The van der Waals surface area contributed by atoms with Gasteiger partial charge in [0.05, 0.1) is 17.8 Å². The highest BCUT2D eigenvalue weighted by Crippen LogP contribution is 2.49. The Kier molecular flexibility index (Phi) is 3.39. The Morgan fingerprint density at radius 1 is 1.33 bits per heavy atom. The van der Waals surface area contributed by atoms with Crippen molar-refractivity contribution in [3.63, 3.8) is 0 Å². The Morgan fingerprint density at radius 2 is 2.00 bits per heavy atom. The summed E-state index contributed by atoms with van der Waals surface area (Å²) in [5.74, 6) is -0.306. The van der Waals surface area contributed by atoms with Crippen molar-refractivity contribution >= 4 is 5.69 Å². The van der Waals surface area contributed by atoms with E-state index in [9.17, 15) is 15.7 Å². The van der Waals surface area contributed by atoms with Crippen LogP contribution >= 0.6 is 0 Å². The van der Waals surface area contributed by atoms with Crippen LogP contribution in [0.4, 0.5) is 5.69 Å². The number of hydrogen-bond acceptors (Lipinski definition) is 8. The lowest BCUT2D eigenvalue weighted by molar-refractivity contribution is 0.105. The van der Waals surface area contributed by atoms with Crippen LogP contribution in [-0.4, -0.2) is 5.21 Å². The van der Waals surface area contributed by atoms with E-state index in [-0.39, 0.29) is 27.9 Å². The third kappa shape index (κ3) is 1.99. The molecule has 0 saturated heterocycles. The molecule has 1 aliphatic rings. The van der Waals surface area contributed by atoms with Gasteiger partial charge in [-0.25, -0.2) is 0 Å². The van der Waals surface area contributed by atoms with Gasteiger partial charge in [-0.15, -0.1) is 0 Å². The van der Waals surface area contributed by atoms with Crippen LogP contribution in [0.5, 0.6) is 0 Å². The third-order valence-corrected chi connectivity index (χ3v) is 3.14. The molecule has 0 spiro atoms. The Hall–Kier alpha value is -3.25. The van der Waals surface area contributed by atoms with E-state index in [1.807, 2.05) is 0 Å². The van der Waals surface area contributed by atoms with Gasteiger partial charge >= 0.3 is 0 Å². The second kappa shape index (κ2) is 5.03. The van der Waals surface area contributed by atoms with Crippen LogP contribution in [0, 0.1) is 44.6 Å². The first-order chi connectivity index (χ1) is 10.00. The first kappa shape index (κ1) is 14.2. The number of nitrogens with zero attached hydrogens (tertiary/aromatic N) is 4. The summed E-state index contributed by atoms with van der Waals surface area (Å²) < 4.78 is 5.27. The summed E-state index contributed by atoms with van der Waals surface area (Å²) in [6, 6.07) is 10.7. The number of rotatable bonds is 2. The van der Waals surface area contributed by atoms with Gasteiger partial charge in [-0.1, -0.05) is 12.1 Å². The molecule has 1 aromatic carbocycles. The Labute approximate surface area is 119 Å². The molecule has 3 N–H and O–H groups in total. The maximum atomic E-state index is 10.9. The van der Waals surface area contributed by atoms with Crippen molar-refractivity contribution < 1.29 is 9.94 Å². The highest BCUT2D eigenvalue weighted by atomic mass is 16.8. The van der Waals surface area contributed by atoms with Crippen molar-refractivity contribution in [3.8, 4) is 18.2 Å². The zero-order valence-electron chi connectivity index (χ0n) is 10.5. The predicted molar refractivity (Wildman–Crippen MR) is 68.4 cm³/mol. The van der Waals surface area contributed by atoms with Gasteiger partial charge in [0.15, 0.2) is 6.10 Å². The van der Waals surface area contributed by atoms with Crippen LogP contribution in [0.3, 0.4) is 0 Å². The number of anilines is 1. The number of hydrogen-bond donors (Lipinski definition) is 2. The maximum absolute atomic E-state index is 10.9. The molecule has 0 bridgehead atoms. The summed E-state index contributed by atoms with van der Waals surface area (Å²) in [5, 5.41) is 47.2. The Balaban J connectivity index is 2.57. The van der Waals surface area contributed by atoms with E-state index < -0.39 is 11.5 Å². The van der Waals surface area contributed by atoms with Gasteiger partial charge in [0, 0.05) is 0 Å². The summed E-state index contributed by atoms with van der Waals surface area (Å²) in [4.78, 5) is 0. The molecule has 2 rings (SSSR count). The van der Waals surface area contributed by atoms with Gasteiger partial charge in [-0.2, -0.15) is 15.8 Å². The first-order valence-electron chi connectivity index (χ1n) is 5.65. The van der Waals surface area contributed by atoms with Crippen molar-refractivity contribution in [2.75, 3.05) is 5.23 Å². The fourth-order valence-electron chi connectivity index (χ4n) is 2.12. The molecule has 8 heteroatoms. The zero-order valence-corrected chi connectivity index (χ0v) is 10.5. The topological polar surface area (TPSA) is 153 Å². The van der Waals surface area contributed by atoms with E-state index in [1.165, 1.54) is 24.3 Å². The van der Waals surface area contributed by atoms with E-state index in [2.05, 4.69) is 0 Å². The molecule has 1 heterocycles. The molecule has 1 atom stereocenters. The molecule has 0 fully saturated rings. The van der Waals surface area contributed by atoms with E-state index in [0.29, 0.717) is 0 Å². The number of ether oxygens (including phenoxy) is 1. The van der Waals surface area contributed by atoms with Gasteiger partial charge in [0.25, 0.3) is 0 Å². The summed E-state index contributed by atoms with van der Waals surface area (Å²) in [6.45, 7) is 0. The minimum Gasteiger partial charge on any atom is -0.733 e. The zero-order chi connectivity index (χ0) is 15.6. The van der Waals surface area contributed by atoms with Crippen LogP contribution in [0.15, 0.2) is 35.7 Å². The van der Waals surface area contributed by atoms with E-state index in [0.717, 1.165) is 0 Å². The highest BCUT2D eigenvalue weighted by Gasteiger charge is 2.53. The molecule has 8 nitrogen and oxygen atoms in total. The second-order valence-electron chi connectivity index (χ2n) is 4.25. The standard InChI is InChI=1S/C13H8N5O3/c14-5-10-12(17)21-11(13(10,6-15)7-16)8-2-1-3-9(4-8)18(19)20/h1-4,11,19H,17H2/q-1. The maximum Gasteiger partial charge on any atom is 0.224 e. The average Bonchev–Trinajstić information content (AvgIpc) is 2.79. The van der Waals surface area contributed by atoms with Crippen molar-refractivity contribution in [2.24, 2.45) is 11.1 Å². The molecule has 0 aromatic heterocycles. The lowest BCUT2D eigenvalue weighted by Crippen LogP contribution is -2.24. The SMILES string of the molecule is N#CC1=C(N)OC(c2cccc(N([O-])O)c2)C1(C#N)C#N. The fraction of sp³-hybridized carbons (Fsp3) is 0.154. The summed E-state index contributed by atoms with van der Waals surface area (Å²) >= 11 is 0. The largest absolute Gasteiger partial charge is 0.733 e. The van der Waals surface area contributed by atoms with Gasteiger partial charge in [-0.05, 0) is 17.7 Å². The molecule has 0 aliphatic carbocycles. The second-order valence-corrected chi connectivity index (χ2v) is 4.25. The summed E-state index contributed by atoms with van der Waals surface area (Å²) in [7, 11) is 0. The van der Waals surface area contributed by atoms with Crippen LogP contribution in [0.2, 0.25) is 0 Å². The first-order valence-corrected chi connectivity index (χ1v) is 5.65. The monoisotopic (exact) mass is 282 g/mol. The Bertz CT molecular complexity index is 721. The molecule has 21 heavy (non-hydrogen) atoms. The predicted octanol–water partition coefficient (Wildman–Crippen LogP) is 1.18. The lowest BCUT2D eigenvalue weighted by atomic mass is 9.77. The molecule has 1 aromatic rings. The average molecular weight is 282 g/mol. The van der Waals surface area contributed by atoms with E-state index >= 15 is 0 Å². The van der Waals surface area contributed by atoms with E-state index in [1.54, 1.807) is 18.2 Å². The van der Waals surface area contributed by atoms with Crippen molar-refractivity contribution in [1.29, 1.82) is 15.8 Å². The van der Waals surface area contributed by atoms with Crippen LogP contribution < -0.4 is 11.0 Å². The van der Waals surface area contributed by atoms with Crippen LogP contribution in [-0.2, 0) is 4.74 Å². The lowest BCUT2D eigenvalue weighted by Gasteiger charge is -2.25.